The van der Waals surface area contributed by atoms with E-state index < -0.39 is 5.91 Å². The molecule has 5 nitrogen and oxygen atoms in total. The van der Waals surface area contributed by atoms with Gasteiger partial charge < -0.3 is 11.1 Å². The predicted molar refractivity (Wildman–Crippen MR) is 77.0 cm³/mol. The Kier molecular flexibility index (Phi) is 3.89. The Hall–Kier alpha value is -1.43. The average Bonchev–Trinajstić information content (AvgIpc) is 2.63. The molecule has 0 atom stereocenters. The Morgan fingerprint density at radius 2 is 1.89 bits per heavy atom. The van der Waals surface area contributed by atoms with Crippen LogP contribution in [0.3, 0.4) is 0 Å². The van der Waals surface area contributed by atoms with Gasteiger partial charge in [0.1, 0.15) is 5.69 Å². The molecule has 0 aliphatic heterocycles. The topological polar surface area (TPSA) is 72.9 Å². The van der Waals surface area contributed by atoms with Crippen LogP contribution in [-0.4, -0.2) is 15.7 Å². The molecule has 0 aliphatic rings. The zero-order valence-electron chi connectivity index (χ0n) is 9.75. The van der Waals surface area contributed by atoms with Crippen molar-refractivity contribution >= 4 is 52.1 Å². The van der Waals surface area contributed by atoms with Crippen LogP contribution in [0.4, 0.5) is 11.4 Å². The summed E-state index contributed by atoms with van der Waals surface area (Å²) in [5, 5.41) is 7.34. The van der Waals surface area contributed by atoms with E-state index in [9.17, 15) is 4.79 Å². The van der Waals surface area contributed by atoms with E-state index in [0.29, 0.717) is 5.02 Å². The molecular weight excluding hydrogens is 311 g/mol. The summed E-state index contributed by atoms with van der Waals surface area (Å²) in [6.45, 7) is 0. The highest BCUT2D eigenvalue weighted by Crippen LogP contribution is 2.34. The lowest BCUT2D eigenvalue weighted by Crippen LogP contribution is -2.18. The summed E-state index contributed by atoms with van der Waals surface area (Å²) in [5.41, 5.74) is 6.43. The van der Waals surface area contributed by atoms with Crippen LogP contribution in [0.15, 0.2) is 18.3 Å². The number of anilines is 2. The molecule has 100 valence electrons. The number of aromatic nitrogens is 2. The summed E-state index contributed by atoms with van der Waals surface area (Å²) in [7, 11) is 1.61. The molecule has 19 heavy (non-hydrogen) atoms. The second kappa shape index (κ2) is 5.28. The number of nitrogens with one attached hydrogen (secondary N) is 1. The van der Waals surface area contributed by atoms with Gasteiger partial charge in [-0.05, 0) is 12.1 Å². The predicted octanol–water partition coefficient (Wildman–Crippen LogP) is 3.21. The maximum Gasteiger partial charge on any atom is 0.276 e. The molecule has 0 radical (unpaired) electrons. The minimum Gasteiger partial charge on any atom is -0.396 e. The third-order valence-electron chi connectivity index (χ3n) is 2.43. The molecule has 3 N–H and O–H groups in total. The number of carbonyl (C=O) groups is 1. The van der Waals surface area contributed by atoms with E-state index in [1.165, 1.54) is 23.0 Å². The molecule has 2 rings (SSSR count). The van der Waals surface area contributed by atoms with Gasteiger partial charge >= 0.3 is 0 Å². The number of rotatable bonds is 2. The highest BCUT2D eigenvalue weighted by atomic mass is 35.5. The number of nitrogen functional groups attached to an aromatic ring is 1. The molecule has 1 aromatic heterocycles. The minimum atomic E-state index is -0.455. The third-order valence-corrected chi connectivity index (χ3v) is 3.24. The fourth-order valence-electron chi connectivity index (χ4n) is 1.57. The van der Waals surface area contributed by atoms with Crippen LogP contribution >= 0.6 is 34.8 Å². The number of aryl methyl sites for hydroxylation is 1. The van der Waals surface area contributed by atoms with E-state index in [4.69, 9.17) is 40.5 Å². The van der Waals surface area contributed by atoms with Gasteiger partial charge in [0.25, 0.3) is 5.91 Å². The lowest BCUT2D eigenvalue weighted by atomic mass is 10.3. The number of halogens is 3. The molecule has 0 aliphatic carbocycles. The van der Waals surface area contributed by atoms with Crippen molar-refractivity contribution in [1.29, 1.82) is 0 Å². The molecular formula is C11H9Cl3N4O. The van der Waals surface area contributed by atoms with Crippen molar-refractivity contribution in [2.24, 2.45) is 7.05 Å². The molecule has 1 amide bonds. The van der Waals surface area contributed by atoms with Gasteiger partial charge in [0.05, 0.1) is 27.6 Å². The molecule has 0 saturated heterocycles. The SMILES string of the molecule is Cn1ncc(N)c1C(=O)Nc1c(Cl)cc(Cl)cc1Cl. The first-order valence-electron chi connectivity index (χ1n) is 5.13. The fourth-order valence-corrected chi connectivity index (χ4v) is 2.48. The molecule has 2 aromatic rings. The fraction of sp³-hybridized carbons (Fsp3) is 0.0909. The summed E-state index contributed by atoms with van der Waals surface area (Å²) in [6.07, 6.45) is 1.39. The van der Waals surface area contributed by atoms with Gasteiger partial charge in [0.2, 0.25) is 0 Å². The lowest BCUT2D eigenvalue weighted by Gasteiger charge is -2.10. The van der Waals surface area contributed by atoms with Crippen LogP contribution in [0.25, 0.3) is 0 Å². The monoisotopic (exact) mass is 318 g/mol. The Balaban J connectivity index is 2.35. The number of nitrogens with two attached hydrogens (primary N) is 1. The van der Waals surface area contributed by atoms with Gasteiger partial charge in [0, 0.05) is 12.1 Å². The zero-order chi connectivity index (χ0) is 14.2. The van der Waals surface area contributed by atoms with Crippen LogP contribution in [-0.2, 0) is 7.05 Å². The van der Waals surface area contributed by atoms with Crippen molar-refractivity contribution in [3.05, 3.63) is 39.1 Å². The van der Waals surface area contributed by atoms with E-state index in [0.717, 1.165) is 0 Å². The van der Waals surface area contributed by atoms with Gasteiger partial charge in [-0.2, -0.15) is 5.10 Å². The number of carbonyl (C=O) groups excluding carboxylic acids is 1. The molecule has 1 heterocycles. The quantitative estimate of drug-likeness (QED) is 0.892. The van der Waals surface area contributed by atoms with Crippen molar-refractivity contribution in [2.45, 2.75) is 0 Å². The molecule has 0 fully saturated rings. The van der Waals surface area contributed by atoms with Crippen molar-refractivity contribution in [2.75, 3.05) is 11.1 Å². The first-order chi connectivity index (χ1) is 8.90. The summed E-state index contributed by atoms with van der Waals surface area (Å²) < 4.78 is 1.36. The summed E-state index contributed by atoms with van der Waals surface area (Å²) >= 11 is 17.8. The number of hydrogen-bond acceptors (Lipinski definition) is 3. The molecule has 0 spiro atoms. The third kappa shape index (κ3) is 2.78. The van der Waals surface area contributed by atoms with Gasteiger partial charge in [0.15, 0.2) is 0 Å². The van der Waals surface area contributed by atoms with Crippen LogP contribution < -0.4 is 11.1 Å². The summed E-state index contributed by atoms with van der Waals surface area (Å²) in [4.78, 5) is 12.1. The van der Waals surface area contributed by atoms with Gasteiger partial charge in [-0.1, -0.05) is 34.8 Å². The first kappa shape index (κ1) is 14.0. The number of amides is 1. The molecule has 0 bridgehead atoms. The second-order valence-electron chi connectivity index (χ2n) is 3.77. The van der Waals surface area contributed by atoms with E-state index >= 15 is 0 Å². The lowest BCUT2D eigenvalue weighted by molar-refractivity contribution is 0.101. The van der Waals surface area contributed by atoms with Crippen LogP contribution in [0.5, 0.6) is 0 Å². The van der Waals surface area contributed by atoms with Crippen molar-refractivity contribution < 1.29 is 4.79 Å². The number of nitrogens with zero attached hydrogens (tertiary/aromatic N) is 2. The van der Waals surface area contributed by atoms with E-state index in [-0.39, 0.29) is 27.1 Å². The normalized spacial score (nSPS) is 10.5. The highest BCUT2D eigenvalue weighted by Gasteiger charge is 2.18. The average molecular weight is 320 g/mol. The van der Waals surface area contributed by atoms with Gasteiger partial charge in [-0.25, -0.2) is 0 Å². The van der Waals surface area contributed by atoms with E-state index in [1.54, 1.807) is 7.05 Å². The molecule has 0 saturated carbocycles. The van der Waals surface area contributed by atoms with Crippen LogP contribution in [0.2, 0.25) is 15.1 Å². The molecule has 1 aromatic carbocycles. The Labute approximate surface area is 124 Å². The molecule has 0 unspecified atom stereocenters. The van der Waals surface area contributed by atoms with Crippen LogP contribution in [0, 0.1) is 0 Å². The summed E-state index contributed by atoms with van der Waals surface area (Å²) in [6, 6.07) is 2.97. The highest BCUT2D eigenvalue weighted by molar-refractivity contribution is 6.42. The Morgan fingerprint density at radius 3 is 2.37 bits per heavy atom. The van der Waals surface area contributed by atoms with Crippen molar-refractivity contribution in [1.82, 2.24) is 9.78 Å². The van der Waals surface area contributed by atoms with Crippen LogP contribution in [0.1, 0.15) is 10.5 Å². The standard InChI is InChI=1S/C11H9Cl3N4O/c1-18-10(8(15)4-16-18)11(19)17-9-6(13)2-5(12)3-7(9)14/h2-4H,15H2,1H3,(H,17,19). The molecule has 8 heteroatoms. The summed E-state index contributed by atoms with van der Waals surface area (Å²) in [5.74, 6) is -0.455. The Bertz CT molecular complexity index is 611. The minimum absolute atomic E-state index is 0.224. The number of benzene rings is 1. The van der Waals surface area contributed by atoms with Gasteiger partial charge in [-0.3, -0.25) is 9.48 Å². The first-order valence-corrected chi connectivity index (χ1v) is 6.27. The maximum atomic E-state index is 12.1. The smallest absolute Gasteiger partial charge is 0.276 e. The van der Waals surface area contributed by atoms with Crippen molar-refractivity contribution in [3.8, 4) is 0 Å². The number of hydrogen-bond donors (Lipinski definition) is 2. The van der Waals surface area contributed by atoms with E-state index in [2.05, 4.69) is 10.4 Å². The Morgan fingerprint density at radius 1 is 1.32 bits per heavy atom. The van der Waals surface area contributed by atoms with Crippen molar-refractivity contribution in [3.63, 3.8) is 0 Å². The second-order valence-corrected chi connectivity index (χ2v) is 5.02. The van der Waals surface area contributed by atoms with Gasteiger partial charge in [-0.15, -0.1) is 0 Å². The largest absolute Gasteiger partial charge is 0.396 e. The maximum absolute atomic E-state index is 12.1. The van der Waals surface area contributed by atoms with E-state index in [1.807, 2.05) is 0 Å². The zero-order valence-corrected chi connectivity index (χ0v) is 12.0.